The maximum Gasteiger partial charge on any atom is 1.00 e. The van der Waals surface area contributed by atoms with E-state index in [1.807, 2.05) is 0 Å². The summed E-state index contributed by atoms with van der Waals surface area (Å²) in [5, 5.41) is 6.64. The Labute approximate surface area is 219 Å². The molecule has 0 aliphatic carbocycles. The second kappa shape index (κ2) is 17.2. The summed E-state index contributed by atoms with van der Waals surface area (Å²) in [5.74, 6) is 0. The molecule has 1 atom stereocenters. The van der Waals surface area contributed by atoms with E-state index >= 15 is 0 Å². The average molecular weight is 475 g/mol. The monoisotopic (exact) mass is 474 g/mol. The van der Waals surface area contributed by atoms with Gasteiger partial charge in [-0.15, -0.1) is 0 Å². The summed E-state index contributed by atoms with van der Waals surface area (Å²) in [5.41, 5.74) is 1.58. The third-order valence-electron chi connectivity index (χ3n) is 6.29. The van der Waals surface area contributed by atoms with Crippen molar-refractivity contribution in [1.29, 1.82) is 0 Å². The van der Waals surface area contributed by atoms with E-state index in [-0.39, 0.29) is 40.6 Å². The van der Waals surface area contributed by atoms with Crippen LogP contribution in [-0.4, -0.2) is 19.1 Å². The molecule has 0 aromatic heterocycles. The molecular weight excluding hydrogens is 431 g/mol. The largest absolute Gasteiger partial charge is 1.00 e. The van der Waals surface area contributed by atoms with Crippen LogP contribution in [0.4, 0.5) is 11.4 Å². The van der Waals surface area contributed by atoms with E-state index in [4.69, 9.17) is 0 Å². The van der Waals surface area contributed by atoms with E-state index in [0.717, 1.165) is 18.5 Å². The van der Waals surface area contributed by atoms with Crippen LogP contribution in [0.5, 0.6) is 0 Å². The van der Waals surface area contributed by atoms with Crippen LogP contribution < -0.4 is 40.2 Å². The number of fused-ring (bicyclic) bond motifs is 1. The fraction of sp³-hybridized carbons (Fsp3) is 0.760. The Hall–Kier alpha value is -0.270. The zero-order chi connectivity index (χ0) is 22.4. The summed E-state index contributed by atoms with van der Waals surface area (Å²) in [6.07, 6.45) is 22.9. The molecule has 1 aromatic carbocycles. The van der Waals surface area contributed by atoms with Crippen LogP contribution in [0.15, 0.2) is 23.1 Å². The second-order valence-corrected chi connectivity index (χ2v) is 10.5. The maximum atomic E-state index is 11.1. The summed E-state index contributed by atoms with van der Waals surface area (Å²) in [4.78, 5) is -0.177. The van der Waals surface area contributed by atoms with Crippen LogP contribution >= 0.6 is 0 Å². The van der Waals surface area contributed by atoms with Crippen molar-refractivity contribution in [2.75, 3.05) is 10.6 Å². The predicted octanol–water partition coefficient (Wildman–Crippen LogP) is 4.41. The Bertz CT molecular complexity index is 728. The third kappa shape index (κ3) is 12.3. The van der Waals surface area contributed by atoms with Gasteiger partial charge >= 0.3 is 29.6 Å². The van der Waals surface area contributed by atoms with Gasteiger partial charge in [0, 0.05) is 0 Å². The molecule has 0 spiro atoms. The average Bonchev–Trinajstić information content (AvgIpc) is 3.15. The first-order valence-corrected chi connectivity index (χ1v) is 14.0. The van der Waals surface area contributed by atoms with Gasteiger partial charge in [0.1, 0.15) is 10.1 Å². The van der Waals surface area contributed by atoms with Gasteiger partial charge in [-0.1, -0.05) is 103 Å². The number of hydrogen-bond acceptors (Lipinski definition) is 5. The molecule has 1 aliphatic rings. The zero-order valence-corrected chi connectivity index (χ0v) is 23.3. The number of nitrogens with one attached hydrogen (secondary N) is 2. The van der Waals surface area contributed by atoms with Crippen LogP contribution in [0.25, 0.3) is 0 Å². The quantitative estimate of drug-likeness (QED) is 0.187. The first kappa shape index (κ1) is 29.8. The van der Waals surface area contributed by atoms with E-state index in [0.29, 0.717) is 5.69 Å². The molecule has 1 aromatic rings. The van der Waals surface area contributed by atoms with Crippen molar-refractivity contribution >= 4 is 21.5 Å². The van der Waals surface area contributed by atoms with Gasteiger partial charge in [-0.05, 0) is 31.0 Å². The molecule has 0 radical (unpaired) electrons. The molecule has 32 heavy (non-hydrogen) atoms. The van der Waals surface area contributed by atoms with Crippen molar-refractivity contribution in [2.24, 2.45) is 0 Å². The third-order valence-corrected chi connectivity index (χ3v) is 7.12. The molecule has 2 N–H and O–H groups in total. The standard InChI is InChI=1S/C25H44N2O3S.Na/c1-2-3-4-5-6-7-8-9-10-11-12-13-14-15-16-17-18-25-26-23-20-19-22(31(28,29)30)21-24(23)27-25;/h19-21,25-27H,2-18H2,1H3,(H,28,29,30);/q;+1/p-1. The Morgan fingerprint density at radius 1 is 0.719 bits per heavy atom. The Kier molecular flexibility index (Phi) is 16.0. The summed E-state index contributed by atoms with van der Waals surface area (Å²) >= 11 is 0. The van der Waals surface area contributed by atoms with Gasteiger partial charge in [0.2, 0.25) is 0 Å². The molecule has 0 fully saturated rings. The normalized spacial score (nSPS) is 15.0. The SMILES string of the molecule is CCCCCCCCCCCCCCCCCCC1Nc2ccc(S(=O)(=O)[O-])cc2N1.[Na+]. The molecule has 5 nitrogen and oxygen atoms in total. The molecule has 0 saturated heterocycles. The van der Waals surface area contributed by atoms with Crippen LogP contribution in [0.3, 0.4) is 0 Å². The van der Waals surface area contributed by atoms with E-state index in [2.05, 4.69) is 17.6 Å². The Morgan fingerprint density at radius 3 is 1.62 bits per heavy atom. The van der Waals surface area contributed by atoms with E-state index in [9.17, 15) is 13.0 Å². The van der Waals surface area contributed by atoms with Crippen LogP contribution in [0.2, 0.25) is 0 Å². The van der Waals surface area contributed by atoms with E-state index < -0.39 is 10.1 Å². The van der Waals surface area contributed by atoms with Crippen molar-refractivity contribution in [3.8, 4) is 0 Å². The van der Waals surface area contributed by atoms with Crippen molar-refractivity contribution in [1.82, 2.24) is 0 Å². The zero-order valence-electron chi connectivity index (χ0n) is 20.5. The fourth-order valence-corrected chi connectivity index (χ4v) is 4.87. The number of benzene rings is 1. The minimum absolute atomic E-state index is 0. The molecule has 7 heteroatoms. The van der Waals surface area contributed by atoms with Crippen molar-refractivity contribution < 1.29 is 42.5 Å². The summed E-state index contributed by atoms with van der Waals surface area (Å²) in [7, 11) is -4.40. The van der Waals surface area contributed by atoms with Gasteiger partial charge in [0.05, 0.1) is 22.4 Å². The number of anilines is 2. The minimum atomic E-state index is -4.40. The second-order valence-electron chi connectivity index (χ2n) is 9.09. The molecular formula is C25H43N2NaO3S. The van der Waals surface area contributed by atoms with Crippen molar-refractivity contribution in [3.05, 3.63) is 18.2 Å². The van der Waals surface area contributed by atoms with Crippen LogP contribution in [-0.2, 0) is 10.1 Å². The Morgan fingerprint density at radius 2 is 1.16 bits per heavy atom. The van der Waals surface area contributed by atoms with Gasteiger partial charge in [0.25, 0.3) is 0 Å². The fourth-order valence-electron chi connectivity index (χ4n) is 4.38. The van der Waals surface area contributed by atoms with Gasteiger partial charge in [-0.25, -0.2) is 8.42 Å². The van der Waals surface area contributed by atoms with Gasteiger partial charge in [-0.3, -0.25) is 0 Å². The minimum Gasteiger partial charge on any atom is -0.744 e. The first-order valence-electron chi connectivity index (χ1n) is 12.6. The van der Waals surface area contributed by atoms with Gasteiger partial charge in [0.15, 0.2) is 0 Å². The topological polar surface area (TPSA) is 81.3 Å². The van der Waals surface area contributed by atoms with Crippen molar-refractivity contribution in [2.45, 2.75) is 127 Å². The summed E-state index contributed by atoms with van der Waals surface area (Å²) in [6, 6.07) is 4.46. The van der Waals surface area contributed by atoms with Gasteiger partial charge < -0.3 is 15.2 Å². The van der Waals surface area contributed by atoms with E-state index in [1.165, 1.54) is 108 Å². The smallest absolute Gasteiger partial charge is 0.744 e. The molecule has 1 heterocycles. The van der Waals surface area contributed by atoms with Crippen molar-refractivity contribution in [3.63, 3.8) is 0 Å². The summed E-state index contributed by atoms with van der Waals surface area (Å²) < 4.78 is 33.4. The van der Waals surface area contributed by atoms with Crippen LogP contribution in [0.1, 0.15) is 116 Å². The molecule has 1 unspecified atom stereocenters. The number of rotatable bonds is 18. The molecule has 178 valence electrons. The molecule has 0 bridgehead atoms. The van der Waals surface area contributed by atoms with Gasteiger partial charge in [-0.2, -0.15) is 0 Å². The maximum absolute atomic E-state index is 11.1. The molecule has 0 saturated carbocycles. The molecule has 0 amide bonds. The number of unbranched alkanes of at least 4 members (excludes halogenated alkanes) is 15. The molecule has 2 rings (SSSR count). The van der Waals surface area contributed by atoms with Crippen LogP contribution in [0, 0.1) is 0 Å². The predicted molar refractivity (Wildman–Crippen MR) is 130 cm³/mol. The summed E-state index contributed by atoms with van der Waals surface area (Å²) in [6.45, 7) is 2.27. The first-order chi connectivity index (χ1) is 15.0. The molecule has 1 aliphatic heterocycles. The van der Waals surface area contributed by atoms with E-state index in [1.54, 1.807) is 6.07 Å². The Balaban J connectivity index is 0.00000512. The number of hydrogen-bond donors (Lipinski definition) is 2.